The van der Waals surface area contributed by atoms with Gasteiger partial charge in [0, 0.05) is 23.5 Å². The molecular weight excluding hydrogens is 511 g/mol. The van der Waals surface area contributed by atoms with Gasteiger partial charge in [0.25, 0.3) is 0 Å². The molecule has 0 aliphatic rings. The van der Waals surface area contributed by atoms with Crippen LogP contribution in [0.15, 0.2) is 48.5 Å². The number of rotatable bonds is 11. The van der Waals surface area contributed by atoms with E-state index in [1.165, 1.54) is 0 Å². The summed E-state index contributed by atoms with van der Waals surface area (Å²) in [6.07, 6.45) is 0.866. The van der Waals surface area contributed by atoms with Crippen LogP contribution in [0, 0.1) is 5.92 Å². The summed E-state index contributed by atoms with van der Waals surface area (Å²) in [7, 11) is -1.53. The Hall–Kier alpha value is -1.97. The molecule has 2 aromatic carbocycles. The second-order valence-electron chi connectivity index (χ2n) is 8.18. The summed E-state index contributed by atoms with van der Waals surface area (Å²) in [6, 6.07) is 15.6. The van der Waals surface area contributed by atoms with E-state index in [0.717, 1.165) is 33.3 Å². The third kappa shape index (κ3) is 7.52. The normalized spacial score (nSPS) is 12.1. The fourth-order valence-corrected chi connectivity index (χ4v) is 5.75. The number of hydrogen-bond donors (Lipinski definition) is 2. The molecule has 1 atom stereocenters. The molecule has 1 unspecified atom stereocenters. The summed E-state index contributed by atoms with van der Waals surface area (Å²) in [5.74, 6) is 0.249. The van der Waals surface area contributed by atoms with Crippen molar-refractivity contribution in [2.75, 3.05) is 23.7 Å². The van der Waals surface area contributed by atoms with Gasteiger partial charge in [-0.3, -0.25) is 9.52 Å². The average molecular weight is 540 g/mol. The molecule has 3 rings (SSSR count). The number of nitrogens with zero attached hydrogens (tertiary/aromatic N) is 2. The van der Waals surface area contributed by atoms with E-state index in [0.29, 0.717) is 29.1 Å². The SMILES string of the molecule is CC(C)Cc1sc(N(CCS(=O)NC(=O)CN)Cc2ccccc2)nc1-c1ccc(Cl)c(Cl)c1. The molecule has 0 fully saturated rings. The molecule has 0 aliphatic carbocycles. The summed E-state index contributed by atoms with van der Waals surface area (Å²) in [5.41, 5.74) is 8.21. The zero-order chi connectivity index (χ0) is 24.7. The zero-order valence-corrected chi connectivity index (χ0v) is 22.2. The van der Waals surface area contributed by atoms with Gasteiger partial charge in [0.05, 0.1) is 28.0 Å². The van der Waals surface area contributed by atoms with Crippen molar-refractivity contribution in [3.63, 3.8) is 0 Å². The summed E-state index contributed by atoms with van der Waals surface area (Å²) in [6.45, 7) is 5.18. The topological polar surface area (TPSA) is 88.3 Å². The number of nitrogens with one attached hydrogen (secondary N) is 1. The molecule has 1 aromatic heterocycles. The smallest absolute Gasteiger partial charge is 0.245 e. The van der Waals surface area contributed by atoms with Crippen molar-refractivity contribution >= 4 is 56.6 Å². The highest BCUT2D eigenvalue weighted by Gasteiger charge is 2.20. The van der Waals surface area contributed by atoms with Crippen LogP contribution in [-0.4, -0.2) is 33.9 Å². The molecule has 34 heavy (non-hydrogen) atoms. The van der Waals surface area contributed by atoms with Crippen LogP contribution in [0.4, 0.5) is 5.13 Å². The Labute approximate surface area is 217 Å². The number of thiazole rings is 1. The molecule has 10 heteroatoms. The maximum absolute atomic E-state index is 12.4. The molecule has 0 saturated carbocycles. The highest BCUT2D eigenvalue weighted by Crippen LogP contribution is 2.37. The van der Waals surface area contributed by atoms with Gasteiger partial charge in [-0.15, -0.1) is 11.3 Å². The minimum Gasteiger partial charge on any atom is -0.343 e. The highest BCUT2D eigenvalue weighted by molar-refractivity contribution is 7.83. The van der Waals surface area contributed by atoms with Crippen molar-refractivity contribution < 1.29 is 9.00 Å². The summed E-state index contributed by atoms with van der Waals surface area (Å²) < 4.78 is 14.8. The Morgan fingerprint density at radius 3 is 2.56 bits per heavy atom. The standard InChI is InChI=1S/C24H28Cl2N4O2S2/c1-16(2)12-21-23(18-8-9-19(25)20(26)13-18)28-24(33-21)30(15-17-6-4-3-5-7-17)10-11-34(32)29-22(31)14-27/h3-9,13,16H,10-12,14-15,27H2,1-2H3,(H,29,31). The van der Waals surface area contributed by atoms with E-state index in [1.807, 2.05) is 42.5 Å². The third-order valence-electron chi connectivity index (χ3n) is 4.92. The first-order chi connectivity index (χ1) is 16.3. The van der Waals surface area contributed by atoms with Crippen molar-refractivity contribution in [3.05, 3.63) is 69.0 Å². The second kappa shape index (κ2) is 12.7. The average Bonchev–Trinajstić information content (AvgIpc) is 3.21. The highest BCUT2D eigenvalue weighted by atomic mass is 35.5. The van der Waals surface area contributed by atoms with Gasteiger partial charge in [0.1, 0.15) is 11.0 Å². The Kier molecular flexibility index (Phi) is 9.91. The van der Waals surface area contributed by atoms with Crippen LogP contribution in [0.3, 0.4) is 0 Å². The quantitative estimate of drug-likeness (QED) is 0.356. The van der Waals surface area contributed by atoms with Crippen LogP contribution in [-0.2, 0) is 28.7 Å². The molecule has 0 bridgehead atoms. The molecule has 3 N–H and O–H groups in total. The second-order valence-corrected chi connectivity index (χ2v) is 11.4. The maximum atomic E-state index is 12.4. The number of nitrogens with two attached hydrogens (primary N) is 1. The molecule has 1 heterocycles. The number of amides is 1. The van der Waals surface area contributed by atoms with Gasteiger partial charge >= 0.3 is 0 Å². The lowest BCUT2D eigenvalue weighted by Crippen LogP contribution is -2.36. The van der Waals surface area contributed by atoms with Crippen LogP contribution in [0.25, 0.3) is 11.3 Å². The van der Waals surface area contributed by atoms with Gasteiger partial charge < -0.3 is 10.6 Å². The monoisotopic (exact) mass is 538 g/mol. The molecular formula is C24H28Cl2N4O2S2. The molecule has 0 radical (unpaired) electrons. The molecule has 0 spiro atoms. The summed E-state index contributed by atoms with van der Waals surface area (Å²) in [4.78, 5) is 19.8. The Balaban J connectivity index is 1.94. The van der Waals surface area contributed by atoms with Crippen molar-refractivity contribution in [1.29, 1.82) is 0 Å². The lowest BCUT2D eigenvalue weighted by Gasteiger charge is -2.22. The summed E-state index contributed by atoms with van der Waals surface area (Å²) in [5, 5.41) is 1.80. The fraction of sp³-hybridized carbons (Fsp3) is 0.333. The van der Waals surface area contributed by atoms with E-state index in [-0.39, 0.29) is 12.3 Å². The minimum absolute atomic E-state index is 0.197. The predicted molar refractivity (Wildman–Crippen MR) is 144 cm³/mol. The van der Waals surface area contributed by atoms with E-state index in [2.05, 4.69) is 23.5 Å². The van der Waals surface area contributed by atoms with E-state index in [9.17, 15) is 9.00 Å². The van der Waals surface area contributed by atoms with Crippen molar-refractivity contribution in [2.24, 2.45) is 11.7 Å². The number of carbonyl (C=O) groups is 1. The van der Waals surface area contributed by atoms with Crippen molar-refractivity contribution in [3.8, 4) is 11.3 Å². The first kappa shape index (κ1) is 26.6. The van der Waals surface area contributed by atoms with Gasteiger partial charge in [-0.2, -0.15) is 0 Å². The molecule has 1 amide bonds. The maximum Gasteiger partial charge on any atom is 0.245 e. The van der Waals surface area contributed by atoms with E-state index < -0.39 is 16.9 Å². The van der Waals surface area contributed by atoms with Crippen LogP contribution in [0.1, 0.15) is 24.3 Å². The number of aromatic nitrogens is 1. The molecule has 0 aliphatic heterocycles. The minimum atomic E-state index is -1.53. The lowest BCUT2D eigenvalue weighted by molar-refractivity contribution is -0.117. The van der Waals surface area contributed by atoms with Crippen LogP contribution >= 0.6 is 34.5 Å². The van der Waals surface area contributed by atoms with Crippen molar-refractivity contribution in [2.45, 2.75) is 26.8 Å². The van der Waals surface area contributed by atoms with Gasteiger partial charge in [-0.25, -0.2) is 9.19 Å². The first-order valence-corrected chi connectivity index (χ1v) is 13.8. The third-order valence-corrected chi connectivity index (χ3v) is 7.81. The lowest BCUT2D eigenvalue weighted by atomic mass is 10.0. The number of benzene rings is 2. The van der Waals surface area contributed by atoms with Crippen LogP contribution in [0.2, 0.25) is 10.0 Å². The Morgan fingerprint density at radius 2 is 1.91 bits per heavy atom. The van der Waals surface area contributed by atoms with Gasteiger partial charge in [0.15, 0.2) is 5.13 Å². The number of anilines is 1. The molecule has 182 valence electrons. The van der Waals surface area contributed by atoms with E-state index in [1.54, 1.807) is 17.4 Å². The van der Waals surface area contributed by atoms with Crippen LogP contribution < -0.4 is 15.4 Å². The van der Waals surface area contributed by atoms with Crippen molar-refractivity contribution in [1.82, 2.24) is 9.71 Å². The number of carbonyl (C=O) groups excluding carboxylic acids is 1. The number of halogens is 2. The molecule has 6 nitrogen and oxygen atoms in total. The van der Waals surface area contributed by atoms with Gasteiger partial charge in [-0.05, 0) is 30.0 Å². The first-order valence-electron chi connectivity index (χ1n) is 10.9. The Bertz CT molecular complexity index is 1140. The Morgan fingerprint density at radius 1 is 1.18 bits per heavy atom. The molecule has 0 saturated heterocycles. The van der Waals surface area contributed by atoms with Crippen LogP contribution in [0.5, 0.6) is 0 Å². The van der Waals surface area contributed by atoms with E-state index in [4.69, 9.17) is 33.9 Å². The fourth-order valence-electron chi connectivity index (χ4n) is 3.31. The van der Waals surface area contributed by atoms with E-state index >= 15 is 0 Å². The number of hydrogen-bond acceptors (Lipinski definition) is 6. The van der Waals surface area contributed by atoms with Gasteiger partial charge in [-0.1, -0.05) is 73.4 Å². The molecule has 3 aromatic rings. The zero-order valence-electron chi connectivity index (χ0n) is 19.1. The largest absolute Gasteiger partial charge is 0.343 e. The predicted octanol–water partition coefficient (Wildman–Crippen LogP) is 5.06. The van der Waals surface area contributed by atoms with Gasteiger partial charge in [0.2, 0.25) is 5.91 Å². The summed E-state index contributed by atoms with van der Waals surface area (Å²) >= 11 is 14.0.